The van der Waals surface area contributed by atoms with E-state index in [1.165, 1.54) is 11.8 Å². The summed E-state index contributed by atoms with van der Waals surface area (Å²) in [5, 5.41) is 4.12. The second-order valence-corrected chi connectivity index (χ2v) is 4.20. The van der Waals surface area contributed by atoms with Crippen molar-refractivity contribution in [3.63, 3.8) is 0 Å². The van der Waals surface area contributed by atoms with E-state index in [0.717, 1.165) is 4.90 Å². The molecule has 0 aliphatic rings. The molecule has 0 spiro atoms. The van der Waals surface area contributed by atoms with Crippen molar-refractivity contribution in [2.75, 3.05) is 0 Å². The molecule has 1 aromatic carbocycles. The maximum Gasteiger partial charge on any atom is 0.248 e. The van der Waals surface area contributed by atoms with Crippen molar-refractivity contribution < 1.29 is 4.84 Å². The lowest BCUT2D eigenvalue weighted by atomic mass is 10.4. The molecular formula is C12H11N3OS. The minimum absolute atomic E-state index is 0.335. The first kappa shape index (κ1) is 11.5. The van der Waals surface area contributed by atoms with Crippen LogP contribution in [0.2, 0.25) is 0 Å². The van der Waals surface area contributed by atoms with Crippen LogP contribution in [0.3, 0.4) is 0 Å². The normalized spacial score (nSPS) is 11.2. The topological polar surface area (TPSA) is 60.5 Å². The van der Waals surface area contributed by atoms with Crippen molar-refractivity contribution in [2.24, 2.45) is 10.9 Å². The molecule has 0 bridgehead atoms. The van der Waals surface area contributed by atoms with E-state index in [4.69, 9.17) is 10.6 Å². The molecular weight excluding hydrogens is 234 g/mol. The van der Waals surface area contributed by atoms with Gasteiger partial charge in [-0.2, -0.15) is 0 Å². The third-order valence-electron chi connectivity index (χ3n) is 1.83. The molecule has 2 aromatic rings. The SMILES string of the molecule is NC(=NOc1ccccn1)Sc1ccccc1. The van der Waals surface area contributed by atoms with Crippen LogP contribution < -0.4 is 10.6 Å². The van der Waals surface area contributed by atoms with Crippen molar-refractivity contribution in [3.05, 3.63) is 54.7 Å². The molecule has 2 rings (SSSR count). The molecule has 0 aliphatic heterocycles. The van der Waals surface area contributed by atoms with Crippen LogP contribution in [0.4, 0.5) is 0 Å². The molecule has 0 aliphatic carbocycles. The molecule has 0 amide bonds. The van der Waals surface area contributed by atoms with Crippen LogP contribution in [0, 0.1) is 0 Å². The van der Waals surface area contributed by atoms with Crippen molar-refractivity contribution in [2.45, 2.75) is 4.90 Å². The Bertz CT molecular complexity index is 488. The highest BCUT2D eigenvalue weighted by molar-refractivity contribution is 8.13. The van der Waals surface area contributed by atoms with E-state index in [-0.39, 0.29) is 0 Å². The summed E-state index contributed by atoms with van der Waals surface area (Å²) in [5.74, 6) is 0.420. The van der Waals surface area contributed by atoms with Gasteiger partial charge in [0, 0.05) is 17.2 Å². The van der Waals surface area contributed by atoms with Crippen LogP contribution in [0.1, 0.15) is 0 Å². The summed E-state index contributed by atoms with van der Waals surface area (Å²) < 4.78 is 0. The predicted molar refractivity (Wildman–Crippen MR) is 68.8 cm³/mol. The number of thioether (sulfide) groups is 1. The van der Waals surface area contributed by atoms with Gasteiger partial charge in [0.25, 0.3) is 0 Å². The number of nitrogens with two attached hydrogens (primary N) is 1. The van der Waals surface area contributed by atoms with Gasteiger partial charge in [0.2, 0.25) is 11.0 Å². The van der Waals surface area contributed by atoms with Gasteiger partial charge in [0.05, 0.1) is 0 Å². The monoisotopic (exact) mass is 245 g/mol. The number of hydrogen-bond donors (Lipinski definition) is 1. The first-order chi connectivity index (χ1) is 8.34. The van der Waals surface area contributed by atoms with Gasteiger partial charge in [-0.25, -0.2) is 4.98 Å². The van der Waals surface area contributed by atoms with Crippen molar-refractivity contribution in [1.29, 1.82) is 0 Å². The fourth-order valence-corrected chi connectivity index (χ4v) is 1.73. The molecule has 1 aromatic heterocycles. The molecule has 0 radical (unpaired) electrons. The Balaban J connectivity index is 1.94. The zero-order valence-electron chi connectivity index (χ0n) is 8.98. The van der Waals surface area contributed by atoms with Gasteiger partial charge in [-0.1, -0.05) is 29.4 Å². The zero-order valence-corrected chi connectivity index (χ0v) is 9.80. The highest BCUT2D eigenvalue weighted by Gasteiger charge is 1.98. The third-order valence-corrected chi connectivity index (χ3v) is 2.62. The van der Waals surface area contributed by atoms with Gasteiger partial charge in [0.15, 0.2) is 0 Å². The maximum atomic E-state index is 5.71. The van der Waals surface area contributed by atoms with E-state index >= 15 is 0 Å². The van der Waals surface area contributed by atoms with E-state index in [1.807, 2.05) is 36.4 Å². The van der Waals surface area contributed by atoms with Crippen LogP contribution in [0.15, 0.2) is 64.8 Å². The van der Waals surface area contributed by atoms with Crippen molar-refractivity contribution in [3.8, 4) is 5.88 Å². The van der Waals surface area contributed by atoms with Crippen LogP contribution in [-0.2, 0) is 0 Å². The predicted octanol–water partition coefficient (Wildman–Crippen LogP) is 2.48. The Morgan fingerprint density at radius 1 is 1.12 bits per heavy atom. The van der Waals surface area contributed by atoms with E-state index in [1.54, 1.807) is 18.3 Å². The average Bonchev–Trinajstić information content (AvgIpc) is 2.39. The number of nitrogens with zero attached hydrogens (tertiary/aromatic N) is 2. The molecule has 0 unspecified atom stereocenters. The largest absolute Gasteiger partial charge is 0.375 e. The summed E-state index contributed by atoms with van der Waals surface area (Å²) in [6.07, 6.45) is 1.63. The molecule has 86 valence electrons. The molecule has 4 nitrogen and oxygen atoms in total. The smallest absolute Gasteiger partial charge is 0.248 e. The lowest BCUT2D eigenvalue weighted by molar-refractivity contribution is 0.328. The van der Waals surface area contributed by atoms with Crippen LogP contribution >= 0.6 is 11.8 Å². The Morgan fingerprint density at radius 3 is 2.59 bits per heavy atom. The van der Waals surface area contributed by atoms with E-state index in [9.17, 15) is 0 Å². The van der Waals surface area contributed by atoms with Gasteiger partial charge in [-0.3, -0.25) is 0 Å². The number of aromatic nitrogens is 1. The molecule has 0 saturated carbocycles. The summed E-state index contributed by atoms with van der Waals surface area (Å²) in [6.45, 7) is 0. The highest BCUT2D eigenvalue weighted by atomic mass is 32.2. The lowest BCUT2D eigenvalue weighted by Crippen LogP contribution is -2.08. The lowest BCUT2D eigenvalue weighted by Gasteiger charge is -2.00. The van der Waals surface area contributed by atoms with Gasteiger partial charge in [-0.15, -0.1) is 0 Å². The Morgan fingerprint density at radius 2 is 1.88 bits per heavy atom. The Hall–Kier alpha value is -2.01. The van der Waals surface area contributed by atoms with Crippen molar-refractivity contribution >= 4 is 16.9 Å². The van der Waals surface area contributed by atoms with Gasteiger partial charge in [0.1, 0.15) is 0 Å². The number of rotatable bonds is 3. The molecule has 0 saturated heterocycles. The summed E-state index contributed by atoms with van der Waals surface area (Å²) >= 11 is 1.34. The number of pyridine rings is 1. The second kappa shape index (κ2) is 5.91. The van der Waals surface area contributed by atoms with Crippen LogP contribution in [-0.4, -0.2) is 10.2 Å². The fourth-order valence-electron chi connectivity index (χ4n) is 1.12. The number of benzene rings is 1. The van der Waals surface area contributed by atoms with E-state index in [2.05, 4.69) is 10.1 Å². The van der Waals surface area contributed by atoms with Crippen molar-refractivity contribution in [1.82, 2.24) is 4.98 Å². The fraction of sp³-hybridized carbons (Fsp3) is 0. The molecule has 5 heteroatoms. The molecule has 0 atom stereocenters. The molecule has 2 N–H and O–H groups in total. The summed E-state index contributed by atoms with van der Waals surface area (Å²) in [4.78, 5) is 10.0. The summed E-state index contributed by atoms with van der Waals surface area (Å²) in [7, 11) is 0. The molecule has 17 heavy (non-hydrogen) atoms. The minimum Gasteiger partial charge on any atom is -0.375 e. The van der Waals surface area contributed by atoms with Gasteiger partial charge < -0.3 is 10.6 Å². The first-order valence-corrected chi connectivity index (χ1v) is 5.80. The number of amidine groups is 1. The van der Waals surface area contributed by atoms with E-state index < -0.39 is 0 Å². The third kappa shape index (κ3) is 3.81. The number of oxime groups is 1. The number of hydrogen-bond acceptors (Lipinski definition) is 4. The summed E-state index contributed by atoms with van der Waals surface area (Å²) in [6, 6.07) is 15.1. The minimum atomic E-state index is 0.335. The second-order valence-electron chi connectivity index (χ2n) is 3.10. The Labute approximate surface area is 103 Å². The maximum absolute atomic E-state index is 5.71. The van der Waals surface area contributed by atoms with Crippen LogP contribution in [0.25, 0.3) is 0 Å². The quantitative estimate of drug-likeness (QED) is 0.390. The molecule has 0 fully saturated rings. The average molecular weight is 245 g/mol. The van der Waals surface area contributed by atoms with Crippen LogP contribution in [0.5, 0.6) is 5.88 Å². The van der Waals surface area contributed by atoms with E-state index in [0.29, 0.717) is 11.0 Å². The first-order valence-electron chi connectivity index (χ1n) is 4.99. The standard InChI is InChI=1S/C12H11N3OS/c13-12(17-10-6-2-1-3-7-10)15-16-11-8-4-5-9-14-11/h1-9H,(H2,13,15). The molecule has 1 heterocycles. The van der Waals surface area contributed by atoms with Gasteiger partial charge in [-0.05, 0) is 30.0 Å². The summed E-state index contributed by atoms with van der Waals surface area (Å²) in [5.41, 5.74) is 5.71. The Kier molecular flexibility index (Phi) is 3.99. The highest BCUT2D eigenvalue weighted by Crippen LogP contribution is 2.16. The zero-order chi connectivity index (χ0) is 11.9. The van der Waals surface area contributed by atoms with Gasteiger partial charge >= 0.3 is 0 Å².